The van der Waals surface area contributed by atoms with Gasteiger partial charge in [-0.25, -0.2) is 0 Å². The fraction of sp³-hybridized carbons (Fsp3) is 0.938. The molecule has 5 nitrogen and oxygen atoms in total. The summed E-state index contributed by atoms with van der Waals surface area (Å²) in [4.78, 5) is 20.7. The van der Waals surface area contributed by atoms with Gasteiger partial charge < -0.3 is 0 Å². The number of hydrogen-bond acceptors (Lipinski definition) is 4. The Bertz CT molecular complexity index is 410. The third-order valence-corrected chi connectivity index (χ3v) is 4.75. The molecule has 0 atom stereocenters. The standard InChI is InChI=1S/C16H29B2N3O2/c1-16(2,3)23-15(22)21-10-6-14(7-11-21)20-8-4-13(5-9-20)12-19-18-17/h13-14H,4-12H2,1-3H3. The molecule has 0 unspecified atom stereocenters. The topological polar surface area (TPSA) is 45.1 Å². The van der Waals surface area contributed by atoms with Gasteiger partial charge in [-0.05, 0) is 20.8 Å². The van der Waals surface area contributed by atoms with Crippen molar-refractivity contribution in [3.05, 3.63) is 0 Å². The zero-order chi connectivity index (χ0) is 16.9. The molecule has 2 fully saturated rings. The van der Waals surface area contributed by atoms with Crippen LogP contribution in [0.1, 0.15) is 46.5 Å². The first-order valence-corrected chi connectivity index (χ1v) is 8.81. The van der Waals surface area contributed by atoms with Crippen LogP contribution in [-0.2, 0) is 4.74 Å². The number of likely N-dealkylation sites (tertiary alicyclic amines) is 2. The molecule has 2 aliphatic heterocycles. The normalized spacial score (nSPS) is 22.3. The molecule has 1 amide bonds. The number of rotatable bonds is 3. The summed E-state index contributed by atoms with van der Waals surface area (Å²) in [5, 5.41) is 0. The second kappa shape index (κ2) is 8.31. The van der Waals surface area contributed by atoms with E-state index in [1.165, 1.54) is 19.8 Å². The van der Waals surface area contributed by atoms with E-state index in [-0.39, 0.29) is 6.09 Å². The van der Waals surface area contributed by atoms with E-state index in [1.54, 1.807) is 0 Å². The molecule has 23 heavy (non-hydrogen) atoms. The Hall–Kier alpha value is -0.840. The number of carbonyl (C=O) groups excluding carboxylic acids is 1. The van der Waals surface area contributed by atoms with Crippen LogP contribution < -0.4 is 0 Å². The van der Waals surface area contributed by atoms with E-state index in [0.717, 1.165) is 45.6 Å². The van der Waals surface area contributed by atoms with Crippen LogP contribution in [0.3, 0.4) is 0 Å². The summed E-state index contributed by atoms with van der Waals surface area (Å²) in [6.07, 6.45) is 4.32. The Morgan fingerprint density at radius 3 is 2.30 bits per heavy atom. The molecule has 0 aromatic carbocycles. The molecule has 126 valence electrons. The zero-order valence-electron chi connectivity index (χ0n) is 14.8. The maximum absolute atomic E-state index is 12.1. The summed E-state index contributed by atoms with van der Waals surface area (Å²) in [5.74, 6) is 0.674. The van der Waals surface area contributed by atoms with E-state index in [2.05, 4.69) is 9.80 Å². The molecule has 7 heteroatoms. The van der Waals surface area contributed by atoms with Crippen molar-refractivity contribution in [1.29, 1.82) is 0 Å². The van der Waals surface area contributed by atoms with E-state index in [1.807, 2.05) is 25.7 Å². The van der Waals surface area contributed by atoms with Crippen LogP contribution in [0.25, 0.3) is 0 Å². The van der Waals surface area contributed by atoms with Gasteiger partial charge in [0.15, 0.2) is 0 Å². The van der Waals surface area contributed by atoms with Crippen LogP contribution in [-0.4, -0.2) is 75.0 Å². The summed E-state index contributed by atoms with van der Waals surface area (Å²) in [5.41, 5.74) is -0.415. The van der Waals surface area contributed by atoms with Gasteiger partial charge in [0, 0.05) is 0 Å². The van der Waals surface area contributed by atoms with Gasteiger partial charge in [0.1, 0.15) is 5.60 Å². The predicted molar refractivity (Wildman–Crippen MR) is 93.9 cm³/mol. The van der Waals surface area contributed by atoms with Crippen LogP contribution in [0.5, 0.6) is 0 Å². The first kappa shape index (κ1) is 18.5. The molecule has 0 N–H and O–H groups in total. The van der Waals surface area contributed by atoms with Gasteiger partial charge in [-0.15, -0.1) is 0 Å². The summed E-state index contributed by atoms with van der Waals surface area (Å²) in [6.45, 7) is 11.9. The quantitative estimate of drug-likeness (QED) is 0.749. The average molecular weight is 317 g/mol. The van der Waals surface area contributed by atoms with Crippen molar-refractivity contribution in [3.8, 4) is 0 Å². The fourth-order valence-electron chi connectivity index (χ4n) is 3.45. The molecule has 2 aliphatic rings. The third kappa shape index (κ3) is 5.94. The molecule has 0 bridgehead atoms. The first-order valence-electron chi connectivity index (χ1n) is 8.81. The summed E-state index contributed by atoms with van der Waals surface area (Å²) in [7, 11) is 5.32. The molecule has 0 aliphatic carbocycles. The molecule has 0 spiro atoms. The van der Waals surface area contributed by atoms with Crippen LogP contribution in [0.15, 0.2) is 4.90 Å². The fourth-order valence-corrected chi connectivity index (χ4v) is 3.45. The minimum absolute atomic E-state index is 0.172. The van der Waals surface area contributed by atoms with Gasteiger partial charge in [-0.2, -0.15) is 0 Å². The number of amides is 1. The van der Waals surface area contributed by atoms with Crippen molar-refractivity contribution in [3.63, 3.8) is 0 Å². The van der Waals surface area contributed by atoms with Crippen molar-refractivity contribution in [2.45, 2.75) is 58.1 Å². The molecular weight excluding hydrogens is 288 g/mol. The zero-order valence-corrected chi connectivity index (χ0v) is 14.8. The van der Waals surface area contributed by atoms with Crippen molar-refractivity contribution >= 4 is 20.8 Å². The number of carbonyl (C=O) groups is 1. The monoisotopic (exact) mass is 317 g/mol. The van der Waals surface area contributed by atoms with Gasteiger partial charge in [-0.3, -0.25) is 0 Å². The number of hydrogen-bond donors (Lipinski definition) is 0. The van der Waals surface area contributed by atoms with Gasteiger partial charge in [0.2, 0.25) is 0 Å². The number of ether oxygens (including phenoxy) is 1. The average Bonchev–Trinajstić information content (AvgIpc) is 2.52. The summed E-state index contributed by atoms with van der Waals surface area (Å²) < 4.78 is 5.46. The van der Waals surface area contributed by atoms with Crippen LogP contribution in [0.4, 0.5) is 4.79 Å². The third-order valence-electron chi connectivity index (χ3n) is 4.75. The Morgan fingerprint density at radius 1 is 1.17 bits per heavy atom. The molecule has 2 rings (SSSR count). The molecule has 2 heterocycles. The molecule has 0 aromatic rings. The molecular formula is C16H29B2N3O2. The van der Waals surface area contributed by atoms with E-state index in [0.29, 0.717) is 12.0 Å². The SMILES string of the molecule is [B]B=NCC1CCN(C2CCN(C(=O)OC(C)(C)C)CC2)CC1. The van der Waals surface area contributed by atoms with E-state index >= 15 is 0 Å². The second-order valence-corrected chi connectivity index (χ2v) is 7.69. The minimum atomic E-state index is -0.415. The molecule has 0 aromatic heterocycles. The van der Waals surface area contributed by atoms with Crippen LogP contribution in [0, 0.1) is 5.92 Å². The Balaban J connectivity index is 1.72. The van der Waals surface area contributed by atoms with Gasteiger partial charge >= 0.3 is 115 Å². The number of nitrogens with zero attached hydrogens (tertiary/aromatic N) is 3. The van der Waals surface area contributed by atoms with Gasteiger partial charge in [-0.1, -0.05) is 0 Å². The summed E-state index contributed by atoms with van der Waals surface area (Å²) >= 11 is 0. The van der Waals surface area contributed by atoms with Gasteiger partial charge in [0.25, 0.3) is 0 Å². The number of piperidine rings is 2. The Morgan fingerprint density at radius 2 is 1.78 bits per heavy atom. The molecule has 2 saturated heterocycles. The molecule has 0 saturated carbocycles. The first-order chi connectivity index (χ1) is 10.9. The predicted octanol–water partition coefficient (Wildman–Crippen LogP) is 2.07. The van der Waals surface area contributed by atoms with Crippen molar-refractivity contribution in [2.75, 3.05) is 32.7 Å². The summed E-state index contributed by atoms with van der Waals surface area (Å²) in [6, 6.07) is 0.604. The van der Waals surface area contributed by atoms with E-state index in [4.69, 9.17) is 12.5 Å². The van der Waals surface area contributed by atoms with Crippen LogP contribution in [0.2, 0.25) is 0 Å². The van der Waals surface area contributed by atoms with Gasteiger partial charge in [0.05, 0.1) is 0 Å². The Kier molecular flexibility index (Phi) is 6.69. The maximum atomic E-state index is 12.1. The van der Waals surface area contributed by atoms with Crippen molar-refractivity contribution in [2.24, 2.45) is 10.8 Å². The van der Waals surface area contributed by atoms with Crippen molar-refractivity contribution < 1.29 is 9.53 Å². The Labute approximate surface area is 142 Å². The van der Waals surface area contributed by atoms with E-state index in [9.17, 15) is 4.79 Å². The van der Waals surface area contributed by atoms with E-state index < -0.39 is 5.60 Å². The van der Waals surface area contributed by atoms with Crippen LogP contribution >= 0.6 is 0 Å². The second-order valence-electron chi connectivity index (χ2n) is 7.69. The van der Waals surface area contributed by atoms with Crippen molar-refractivity contribution in [1.82, 2.24) is 9.80 Å². The molecule has 2 radical (unpaired) electrons.